The molecule has 0 aromatic heterocycles. The molecule has 1 aliphatic rings. The van der Waals surface area contributed by atoms with Gasteiger partial charge in [-0.25, -0.2) is 0 Å². The molecule has 2 aromatic rings. The lowest BCUT2D eigenvalue weighted by Crippen LogP contribution is -2.48. The summed E-state index contributed by atoms with van der Waals surface area (Å²) in [7, 11) is 1.55. The van der Waals surface area contributed by atoms with Gasteiger partial charge < -0.3 is 19.7 Å². The van der Waals surface area contributed by atoms with E-state index in [4.69, 9.17) is 9.47 Å². The zero-order valence-corrected chi connectivity index (χ0v) is 15.8. The van der Waals surface area contributed by atoms with Crippen molar-refractivity contribution >= 4 is 17.5 Å². The van der Waals surface area contributed by atoms with Crippen LogP contribution in [-0.4, -0.2) is 49.1 Å². The van der Waals surface area contributed by atoms with Crippen molar-refractivity contribution in [2.45, 2.75) is 26.1 Å². The van der Waals surface area contributed by atoms with Crippen LogP contribution in [0.1, 0.15) is 34.6 Å². The van der Waals surface area contributed by atoms with Gasteiger partial charge in [-0.15, -0.1) is 0 Å². The van der Waals surface area contributed by atoms with E-state index in [9.17, 15) is 9.59 Å². The SMILES string of the molecule is COc1cccc(C(=O)Nc2ccccc2C(=O)N2CC(C)OC(C)C2)c1. The molecule has 6 heteroatoms. The van der Waals surface area contributed by atoms with E-state index < -0.39 is 0 Å². The summed E-state index contributed by atoms with van der Waals surface area (Å²) in [5.74, 6) is 0.194. The molecule has 0 aliphatic carbocycles. The van der Waals surface area contributed by atoms with E-state index in [1.165, 1.54) is 0 Å². The summed E-state index contributed by atoms with van der Waals surface area (Å²) in [4.78, 5) is 27.4. The van der Waals surface area contributed by atoms with Gasteiger partial charge in [0.1, 0.15) is 5.75 Å². The van der Waals surface area contributed by atoms with Crippen molar-refractivity contribution in [1.82, 2.24) is 4.90 Å². The molecule has 27 heavy (non-hydrogen) atoms. The summed E-state index contributed by atoms with van der Waals surface area (Å²) in [5.41, 5.74) is 1.42. The fourth-order valence-corrected chi connectivity index (χ4v) is 3.25. The van der Waals surface area contributed by atoms with Crippen molar-refractivity contribution in [3.8, 4) is 5.75 Å². The molecular weight excluding hydrogens is 344 g/mol. The number of para-hydroxylation sites is 1. The van der Waals surface area contributed by atoms with Gasteiger partial charge in [-0.1, -0.05) is 18.2 Å². The van der Waals surface area contributed by atoms with Crippen LogP contribution in [0.4, 0.5) is 5.69 Å². The van der Waals surface area contributed by atoms with Gasteiger partial charge in [0.25, 0.3) is 11.8 Å². The predicted molar refractivity (Wildman–Crippen MR) is 103 cm³/mol. The van der Waals surface area contributed by atoms with E-state index in [0.717, 1.165) is 0 Å². The van der Waals surface area contributed by atoms with Gasteiger partial charge in [0, 0.05) is 18.7 Å². The first-order valence-electron chi connectivity index (χ1n) is 8.97. The molecule has 1 heterocycles. The molecule has 2 unspecified atom stereocenters. The van der Waals surface area contributed by atoms with Crippen molar-refractivity contribution in [1.29, 1.82) is 0 Å². The Kier molecular flexibility index (Phi) is 5.76. The largest absolute Gasteiger partial charge is 0.497 e. The van der Waals surface area contributed by atoms with Gasteiger partial charge in [-0.3, -0.25) is 9.59 Å². The number of rotatable bonds is 4. The number of amides is 2. The van der Waals surface area contributed by atoms with Crippen LogP contribution in [-0.2, 0) is 4.74 Å². The Morgan fingerprint density at radius 2 is 1.78 bits per heavy atom. The Bertz CT molecular complexity index is 826. The third-order valence-electron chi connectivity index (χ3n) is 4.44. The fourth-order valence-electron chi connectivity index (χ4n) is 3.25. The maximum absolute atomic E-state index is 13.0. The molecule has 1 fully saturated rings. The molecule has 1 N–H and O–H groups in total. The number of benzene rings is 2. The number of morpholine rings is 1. The minimum Gasteiger partial charge on any atom is -0.497 e. The molecule has 0 spiro atoms. The Morgan fingerprint density at radius 1 is 1.07 bits per heavy atom. The van der Waals surface area contributed by atoms with Crippen LogP contribution in [0, 0.1) is 0 Å². The normalized spacial score (nSPS) is 19.4. The van der Waals surface area contributed by atoms with Gasteiger partial charge >= 0.3 is 0 Å². The second kappa shape index (κ2) is 8.22. The zero-order chi connectivity index (χ0) is 19.4. The zero-order valence-electron chi connectivity index (χ0n) is 15.8. The van der Waals surface area contributed by atoms with Gasteiger partial charge in [0.2, 0.25) is 0 Å². The topological polar surface area (TPSA) is 67.9 Å². The first-order valence-corrected chi connectivity index (χ1v) is 8.97. The third-order valence-corrected chi connectivity index (χ3v) is 4.44. The summed E-state index contributed by atoms with van der Waals surface area (Å²) in [6.07, 6.45) is -0.0347. The average molecular weight is 368 g/mol. The lowest BCUT2D eigenvalue weighted by Gasteiger charge is -2.35. The molecule has 142 valence electrons. The van der Waals surface area contributed by atoms with E-state index >= 15 is 0 Å². The minimum absolute atomic E-state index is 0.0174. The Labute approximate surface area is 159 Å². The third kappa shape index (κ3) is 4.46. The highest BCUT2D eigenvalue weighted by Crippen LogP contribution is 2.22. The first-order chi connectivity index (χ1) is 13.0. The Morgan fingerprint density at radius 3 is 2.48 bits per heavy atom. The molecule has 2 aromatic carbocycles. The molecule has 0 bridgehead atoms. The van der Waals surface area contributed by atoms with E-state index in [2.05, 4.69) is 5.32 Å². The standard InChI is InChI=1S/C21H24N2O4/c1-14-12-23(13-15(2)27-14)21(25)18-9-4-5-10-19(18)22-20(24)16-7-6-8-17(11-16)26-3/h4-11,14-15H,12-13H2,1-3H3,(H,22,24). The quantitative estimate of drug-likeness (QED) is 0.900. The molecule has 3 rings (SSSR count). The van der Waals surface area contributed by atoms with Crippen molar-refractivity contribution in [3.05, 3.63) is 59.7 Å². The molecule has 1 saturated heterocycles. The Balaban J connectivity index is 1.81. The average Bonchev–Trinajstić information content (AvgIpc) is 2.67. The van der Waals surface area contributed by atoms with E-state index in [1.54, 1.807) is 60.5 Å². The van der Waals surface area contributed by atoms with Crippen LogP contribution >= 0.6 is 0 Å². The molecule has 0 radical (unpaired) electrons. The van der Waals surface area contributed by atoms with Crippen molar-refractivity contribution in [3.63, 3.8) is 0 Å². The van der Waals surface area contributed by atoms with E-state index in [1.807, 2.05) is 13.8 Å². The maximum atomic E-state index is 13.0. The van der Waals surface area contributed by atoms with E-state index in [0.29, 0.717) is 35.7 Å². The number of carbonyl (C=O) groups is 2. The van der Waals surface area contributed by atoms with Gasteiger partial charge in [-0.2, -0.15) is 0 Å². The molecule has 1 aliphatic heterocycles. The van der Waals surface area contributed by atoms with E-state index in [-0.39, 0.29) is 24.0 Å². The van der Waals surface area contributed by atoms with Crippen LogP contribution in [0.3, 0.4) is 0 Å². The van der Waals surface area contributed by atoms with Crippen LogP contribution in [0.5, 0.6) is 5.75 Å². The number of nitrogens with zero attached hydrogens (tertiary/aromatic N) is 1. The Hall–Kier alpha value is -2.86. The van der Waals surface area contributed by atoms with Crippen LogP contribution in [0.15, 0.2) is 48.5 Å². The molecule has 6 nitrogen and oxygen atoms in total. The van der Waals surface area contributed by atoms with Gasteiger partial charge in [0.15, 0.2) is 0 Å². The summed E-state index contributed by atoms with van der Waals surface area (Å²) >= 11 is 0. The number of ether oxygens (including phenoxy) is 2. The van der Waals surface area contributed by atoms with Crippen molar-refractivity contribution < 1.29 is 19.1 Å². The van der Waals surface area contributed by atoms with Crippen molar-refractivity contribution in [2.75, 3.05) is 25.5 Å². The molecule has 0 saturated carbocycles. The van der Waals surface area contributed by atoms with Crippen LogP contribution < -0.4 is 10.1 Å². The monoisotopic (exact) mass is 368 g/mol. The number of methoxy groups -OCH3 is 1. The van der Waals surface area contributed by atoms with Crippen LogP contribution in [0.25, 0.3) is 0 Å². The summed E-state index contributed by atoms with van der Waals surface area (Å²) in [5, 5.41) is 2.85. The summed E-state index contributed by atoms with van der Waals surface area (Å²) in [6.45, 7) is 4.96. The fraction of sp³-hybridized carbons (Fsp3) is 0.333. The highest BCUT2D eigenvalue weighted by Gasteiger charge is 2.28. The maximum Gasteiger partial charge on any atom is 0.256 e. The van der Waals surface area contributed by atoms with Crippen molar-refractivity contribution in [2.24, 2.45) is 0 Å². The highest BCUT2D eigenvalue weighted by molar-refractivity contribution is 6.09. The highest BCUT2D eigenvalue weighted by atomic mass is 16.5. The molecule has 2 atom stereocenters. The lowest BCUT2D eigenvalue weighted by atomic mass is 10.1. The number of hydrogen-bond donors (Lipinski definition) is 1. The predicted octanol–water partition coefficient (Wildman–Crippen LogP) is 3.20. The number of nitrogens with one attached hydrogen (secondary N) is 1. The summed E-state index contributed by atoms with van der Waals surface area (Å²) < 4.78 is 10.9. The number of hydrogen-bond acceptors (Lipinski definition) is 4. The summed E-state index contributed by atoms with van der Waals surface area (Å²) in [6, 6.07) is 13.9. The van der Waals surface area contributed by atoms with Crippen LogP contribution in [0.2, 0.25) is 0 Å². The second-order valence-electron chi connectivity index (χ2n) is 6.70. The molecule has 2 amide bonds. The second-order valence-corrected chi connectivity index (χ2v) is 6.70. The minimum atomic E-state index is -0.294. The first kappa shape index (κ1) is 18.9. The molecular formula is C21H24N2O4. The van der Waals surface area contributed by atoms with Gasteiger partial charge in [-0.05, 0) is 44.2 Å². The van der Waals surface area contributed by atoms with Gasteiger partial charge in [0.05, 0.1) is 30.6 Å². The number of anilines is 1. The smallest absolute Gasteiger partial charge is 0.256 e. The number of carbonyl (C=O) groups excluding carboxylic acids is 2. The lowest BCUT2D eigenvalue weighted by molar-refractivity contribution is -0.0585.